The van der Waals surface area contributed by atoms with Crippen molar-refractivity contribution >= 4 is 52.0 Å². The maximum Gasteiger partial charge on any atom is 0.412 e. The Bertz CT molecular complexity index is 1260. The molecule has 0 aliphatic rings. The number of esters is 1. The quantitative estimate of drug-likeness (QED) is 0.344. The molecular weight excluding hydrogens is 493 g/mol. The zero-order valence-corrected chi connectivity index (χ0v) is 22.0. The van der Waals surface area contributed by atoms with Crippen LogP contribution >= 0.6 is 23.2 Å². The fourth-order valence-corrected chi connectivity index (χ4v) is 4.22. The Hall–Kier alpha value is -2.97. The van der Waals surface area contributed by atoms with Gasteiger partial charge in [0.05, 0.1) is 28.7 Å². The van der Waals surface area contributed by atoms with Crippen LogP contribution in [0.3, 0.4) is 0 Å². The number of fused-ring (bicyclic) bond motifs is 1. The fraction of sp³-hybridized carbons (Fsp3) is 0.400. The molecule has 0 radical (unpaired) electrons. The number of carbonyl (C=O) groups is 2. The van der Waals surface area contributed by atoms with Crippen LogP contribution in [0.25, 0.3) is 22.4 Å². The molecule has 0 aliphatic carbocycles. The summed E-state index contributed by atoms with van der Waals surface area (Å²) >= 11 is 12.4. The van der Waals surface area contributed by atoms with Crippen LogP contribution in [0.1, 0.15) is 47.1 Å². The van der Waals surface area contributed by atoms with Gasteiger partial charge in [0.1, 0.15) is 23.2 Å². The molecule has 2 aromatic carbocycles. The number of hydrogen-bond acceptors (Lipinski definition) is 6. The zero-order valence-electron chi connectivity index (χ0n) is 20.5. The predicted octanol–water partition coefficient (Wildman–Crippen LogP) is 6.82. The third-order valence-corrected chi connectivity index (χ3v) is 5.59. The molecule has 1 unspecified atom stereocenters. The maximum atomic E-state index is 12.9. The molecule has 0 saturated carbocycles. The van der Waals surface area contributed by atoms with Gasteiger partial charge in [-0.2, -0.15) is 0 Å². The molecule has 2 N–H and O–H groups in total. The number of amides is 1. The topological polar surface area (TPSA) is 103 Å². The summed E-state index contributed by atoms with van der Waals surface area (Å²) in [4.78, 5) is 29.8. The molecule has 1 heterocycles. The average molecular weight is 522 g/mol. The van der Waals surface area contributed by atoms with Gasteiger partial charge in [-0.25, -0.2) is 14.6 Å². The van der Waals surface area contributed by atoms with Crippen molar-refractivity contribution in [3.8, 4) is 17.1 Å². The molecule has 8 nitrogen and oxygen atoms in total. The van der Waals surface area contributed by atoms with E-state index in [-0.39, 0.29) is 28.1 Å². The van der Waals surface area contributed by atoms with Gasteiger partial charge in [-0.05, 0) is 63.4 Å². The van der Waals surface area contributed by atoms with E-state index in [1.807, 2.05) is 13.8 Å². The van der Waals surface area contributed by atoms with Gasteiger partial charge in [-0.1, -0.05) is 37.0 Å². The van der Waals surface area contributed by atoms with Gasteiger partial charge < -0.3 is 19.1 Å². The number of aromatic nitrogens is 2. The number of nitrogens with zero attached hydrogens (tertiary/aromatic N) is 2. The number of benzene rings is 2. The smallest absolute Gasteiger partial charge is 0.412 e. The van der Waals surface area contributed by atoms with Crippen molar-refractivity contribution in [3.05, 3.63) is 40.4 Å². The Balaban J connectivity index is 2.23. The first-order chi connectivity index (χ1) is 16.3. The molecule has 0 aliphatic heterocycles. The Morgan fingerprint density at radius 3 is 2.46 bits per heavy atom. The minimum Gasteiger partial charge on any atom is -0.506 e. The zero-order chi connectivity index (χ0) is 26.1. The van der Waals surface area contributed by atoms with E-state index in [4.69, 9.17) is 37.7 Å². The van der Waals surface area contributed by atoms with Crippen LogP contribution in [0.4, 0.5) is 10.5 Å². The van der Waals surface area contributed by atoms with Crippen molar-refractivity contribution in [1.82, 2.24) is 9.55 Å². The predicted molar refractivity (Wildman–Crippen MR) is 137 cm³/mol. The molecule has 1 aromatic heterocycles. The summed E-state index contributed by atoms with van der Waals surface area (Å²) in [6.45, 7) is 9.30. The van der Waals surface area contributed by atoms with Crippen molar-refractivity contribution in [3.63, 3.8) is 0 Å². The van der Waals surface area contributed by atoms with Crippen molar-refractivity contribution in [2.45, 2.75) is 52.7 Å². The monoisotopic (exact) mass is 521 g/mol. The second-order valence-corrected chi connectivity index (χ2v) is 10.4. The number of methoxy groups -OCH3 is 1. The highest BCUT2D eigenvalue weighted by atomic mass is 35.5. The van der Waals surface area contributed by atoms with E-state index in [2.05, 4.69) is 5.32 Å². The molecule has 0 spiro atoms. The molecular formula is C25H29Cl2N3O5. The first-order valence-corrected chi connectivity index (χ1v) is 11.8. The number of anilines is 1. The Morgan fingerprint density at radius 2 is 1.86 bits per heavy atom. The number of rotatable bonds is 6. The van der Waals surface area contributed by atoms with Crippen molar-refractivity contribution in [2.75, 3.05) is 12.4 Å². The first kappa shape index (κ1) is 26.6. The van der Waals surface area contributed by atoms with Crippen molar-refractivity contribution < 1.29 is 24.2 Å². The minimum absolute atomic E-state index is 0.0527. The third-order valence-electron chi connectivity index (χ3n) is 5.08. The average Bonchev–Trinajstić information content (AvgIpc) is 3.10. The van der Waals surface area contributed by atoms with Gasteiger partial charge in [0.15, 0.2) is 0 Å². The third kappa shape index (κ3) is 6.18. The summed E-state index contributed by atoms with van der Waals surface area (Å²) in [5, 5.41) is 13.8. The largest absolute Gasteiger partial charge is 0.506 e. The van der Waals surface area contributed by atoms with Crippen LogP contribution in [0.2, 0.25) is 10.0 Å². The molecule has 0 bridgehead atoms. The number of phenolic OH excluding ortho intramolecular Hbond substituents is 1. The number of phenols is 1. The number of hydrogen-bond donors (Lipinski definition) is 2. The highest BCUT2D eigenvalue weighted by Gasteiger charge is 2.29. The highest BCUT2D eigenvalue weighted by molar-refractivity contribution is 6.36. The molecule has 188 valence electrons. The highest BCUT2D eigenvalue weighted by Crippen LogP contribution is 2.41. The fourth-order valence-electron chi connectivity index (χ4n) is 3.73. The van der Waals surface area contributed by atoms with Crippen LogP contribution in [0.5, 0.6) is 5.75 Å². The van der Waals surface area contributed by atoms with Crippen LogP contribution < -0.4 is 5.32 Å². The number of imidazole rings is 1. The van der Waals surface area contributed by atoms with E-state index in [1.165, 1.54) is 19.2 Å². The molecule has 35 heavy (non-hydrogen) atoms. The Labute approximate surface area is 214 Å². The molecule has 0 saturated heterocycles. The molecule has 3 aromatic rings. The summed E-state index contributed by atoms with van der Waals surface area (Å²) in [5.41, 5.74) is 1.13. The number of aromatic hydroxyl groups is 1. The van der Waals surface area contributed by atoms with Gasteiger partial charge in [0.25, 0.3) is 0 Å². The molecule has 10 heteroatoms. The summed E-state index contributed by atoms with van der Waals surface area (Å²) < 4.78 is 12.1. The number of ether oxygens (including phenoxy) is 2. The molecule has 1 atom stereocenters. The number of halogens is 2. The number of nitrogens with one attached hydrogen (secondary N) is 1. The normalized spacial score (nSPS) is 12.6. The van der Waals surface area contributed by atoms with Gasteiger partial charge in [0.2, 0.25) is 0 Å². The van der Waals surface area contributed by atoms with Gasteiger partial charge in [-0.15, -0.1) is 0 Å². The van der Waals surface area contributed by atoms with E-state index in [0.717, 1.165) is 0 Å². The summed E-state index contributed by atoms with van der Waals surface area (Å²) in [5.74, 6) is -0.239. The van der Waals surface area contributed by atoms with E-state index >= 15 is 0 Å². The molecule has 0 fully saturated rings. The minimum atomic E-state index is -0.734. The van der Waals surface area contributed by atoms with E-state index in [9.17, 15) is 14.7 Å². The van der Waals surface area contributed by atoms with Gasteiger partial charge in [-0.3, -0.25) is 5.32 Å². The van der Waals surface area contributed by atoms with Crippen LogP contribution in [0, 0.1) is 5.92 Å². The van der Waals surface area contributed by atoms with E-state index in [1.54, 1.807) is 43.5 Å². The second-order valence-electron chi connectivity index (χ2n) is 9.59. The van der Waals surface area contributed by atoms with Crippen LogP contribution in [0.15, 0.2) is 30.3 Å². The van der Waals surface area contributed by atoms with Gasteiger partial charge in [0, 0.05) is 10.7 Å². The van der Waals surface area contributed by atoms with Crippen molar-refractivity contribution in [2.24, 2.45) is 5.92 Å². The summed E-state index contributed by atoms with van der Waals surface area (Å²) in [6.07, 6.45) is -0.152. The maximum absolute atomic E-state index is 12.9. The van der Waals surface area contributed by atoms with Gasteiger partial charge >= 0.3 is 12.1 Å². The first-order valence-electron chi connectivity index (χ1n) is 11.1. The van der Waals surface area contributed by atoms with Crippen molar-refractivity contribution in [1.29, 1.82) is 0 Å². The number of carbonyl (C=O) groups excluding carboxylic acids is 2. The second kappa shape index (κ2) is 10.3. The lowest BCUT2D eigenvalue weighted by molar-refractivity contribution is -0.145. The lowest BCUT2D eigenvalue weighted by Gasteiger charge is -2.22. The summed E-state index contributed by atoms with van der Waals surface area (Å²) in [6, 6.07) is 7.29. The lowest BCUT2D eigenvalue weighted by atomic mass is 10.0. The standard InChI is InChI=1S/C25H29Cl2N3O5/c1-13(2)9-20(23(32)34-6)30-19-8-7-15(28-24(33)35-25(3,4)5)12-18(19)29-22(30)16-10-14(26)11-17(27)21(16)31/h7-8,10-13,20,31H,9H2,1-6H3,(H,28,33). The Morgan fingerprint density at radius 1 is 1.17 bits per heavy atom. The van der Waals surface area contributed by atoms with Crippen LogP contribution in [-0.2, 0) is 14.3 Å². The van der Waals surface area contributed by atoms with E-state index < -0.39 is 23.7 Å². The SMILES string of the molecule is COC(=O)C(CC(C)C)n1c(-c2cc(Cl)cc(Cl)c2O)nc2cc(NC(=O)OC(C)(C)C)ccc21. The van der Waals surface area contributed by atoms with E-state index in [0.29, 0.717) is 28.2 Å². The Kier molecular flexibility index (Phi) is 7.87. The van der Waals surface area contributed by atoms with Crippen LogP contribution in [-0.4, -0.2) is 39.4 Å². The molecule has 3 rings (SSSR count). The lowest BCUT2D eigenvalue weighted by Crippen LogP contribution is -2.27. The summed E-state index contributed by atoms with van der Waals surface area (Å²) in [7, 11) is 1.32. The molecule has 1 amide bonds.